The van der Waals surface area contributed by atoms with Gasteiger partial charge < -0.3 is 16.2 Å². The molecule has 1 amide bonds. The Morgan fingerprint density at radius 3 is 2.60 bits per heavy atom. The molecule has 5 heteroatoms. The third-order valence-electron chi connectivity index (χ3n) is 2.87. The number of aromatic hydroxyl groups is 1. The molecule has 2 aromatic carbocycles. The molecule has 0 aliphatic heterocycles. The first kappa shape index (κ1) is 14.2. The first-order valence-electron chi connectivity index (χ1n) is 6.17. The number of phenolic OH excluding ortho intramolecular Hbond substituents is 1. The third-order valence-corrected chi connectivity index (χ3v) is 3.20. The van der Waals surface area contributed by atoms with Gasteiger partial charge in [0.25, 0.3) is 5.91 Å². The number of hydrogen-bond acceptors (Lipinski definition) is 3. The SMILES string of the molecule is Nc1ccc(Cl)c(C(=O)NCCc2ccc(O)cc2)c1. The summed E-state index contributed by atoms with van der Waals surface area (Å²) < 4.78 is 0. The molecule has 0 bridgehead atoms. The Labute approximate surface area is 122 Å². The summed E-state index contributed by atoms with van der Waals surface area (Å²) in [6.07, 6.45) is 0.673. The molecule has 0 fully saturated rings. The van der Waals surface area contributed by atoms with Crippen molar-refractivity contribution < 1.29 is 9.90 Å². The predicted octanol–water partition coefficient (Wildman–Crippen LogP) is 2.60. The van der Waals surface area contributed by atoms with E-state index in [9.17, 15) is 9.90 Å². The van der Waals surface area contributed by atoms with Crippen molar-refractivity contribution in [1.29, 1.82) is 0 Å². The van der Waals surface area contributed by atoms with Crippen LogP contribution < -0.4 is 11.1 Å². The standard InChI is InChI=1S/C15H15ClN2O2/c16-14-6-3-11(17)9-13(14)15(20)18-8-7-10-1-4-12(19)5-2-10/h1-6,9,19H,7-8,17H2,(H,18,20). The summed E-state index contributed by atoms with van der Waals surface area (Å²) in [5, 5.41) is 12.3. The molecule has 4 nitrogen and oxygen atoms in total. The number of hydrogen-bond donors (Lipinski definition) is 3. The van der Waals surface area contributed by atoms with Gasteiger partial charge in [-0.1, -0.05) is 23.7 Å². The number of carbonyl (C=O) groups is 1. The molecule has 0 aliphatic carbocycles. The van der Waals surface area contributed by atoms with Crippen molar-refractivity contribution in [2.45, 2.75) is 6.42 Å². The lowest BCUT2D eigenvalue weighted by atomic mass is 10.1. The molecular weight excluding hydrogens is 276 g/mol. The van der Waals surface area contributed by atoms with Crippen LogP contribution in [-0.2, 0) is 6.42 Å². The molecule has 2 rings (SSSR count). The summed E-state index contributed by atoms with van der Waals surface area (Å²) in [5.74, 6) is -0.0228. The minimum absolute atomic E-state index is 0.226. The molecule has 0 atom stereocenters. The normalized spacial score (nSPS) is 10.2. The summed E-state index contributed by atoms with van der Waals surface area (Å²) in [7, 11) is 0. The second-order valence-corrected chi connectivity index (χ2v) is 4.82. The van der Waals surface area contributed by atoms with Crippen molar-refractivity contribution in [3.63, 3.8) is 0 Å². The monoisotopic (exact) mass is 290 g/mol. The molecule has 0 radical (unpaired) electrons. The number of phenols is 1. The van der Waals surface area contributed by atoms with E-state index >= 15 is 0 Å². The van der Waals surface area contributed by atoms with Crippen molar-refractivity contribution in [3.05, 3.63) is 58.6 Å². The molecule has 0 spiro atoms. The van der Waals surface area contributed by atoms with E-state index in [0.29, 0.717) is 29.2 Å². The average Bonchev–Trinajstić information content (AvgIpc) is 2.43. The average molecular weight is 291 g/mol. The maximum Gasteiger partial charge on any atom is 0.252 e. The van der Waals surface area contributed by atoms with E-state index < -0.39 is 0 Å². The van der Waals surface area contributed by atoms with Crippen molar-refractivity contribution in [2.75, 3.05) is 12.3 Å². The Morgan fingerprint density at radius 2 is 1.90 bits per heavy atom. The van der Waals surface area contributed by atoms with Crippen LogP contribution >= 0.6 is 11.6 Å². The number of rotatable bonds is 4. The van der Waals surface area contributed by atoms with Gasteiger partial charge in [-0.2, -0.15) is 0 Å². The van der Waals surface area contributed by atoms with Crippen LogP contribution in [0, 0.1) is 0 Å². The summed E-state index contributed by atoms with van der Waals surface area (Å²) in [5.41, 5.74) is 7.54. The van der Waals surface area contributed by atoms with Gasteiger partial charge in [-0.25, -0.2) is 0 Å². The van der Waals surface area contributed by atoms with Gasteiger partial charge in [0.1, 0.15) is 5.75 Å². The zero-order chi connectivity index (χ0) is 14.5. The Bertz CT molecular complexity index is 612. The summed E-state index contributed by atoms with van der Waals surface area (Å²) in [4.78, 5) is 12.0. The molecule has 0 saturated heterocycles. The highest BCUT2D eigenvalue weighted by atomic mass is 35.5. The topological polar surface area (TPSA) is 75.4 Å². The molecule has 0 heterocycles. The van der Waals surface area contributed by atoms with E-state index in [1.807, 2.05) is 12.1 Å². The van der Waals surface area contributed by atoms with E-state index in [1.165, 1.54) is 0 Å². The Hall–Kier alpha value is -2.20. The van der Waals surface area contributed by atoms with Gasteiger partial charge in [0.15, 0.2) is 0 Å². The summed E-state index contributed by atoms with van der Waals surface area (Å²) >= 11 is 5.96. The van der Waals surface area contributed by atoms with Crippen LogP contribution in [0.3, 0.4) is 0 Å². The largest absolute Gasteiger partial charge is 0.508 e. The van der Waals surface area contributed by atoms with Gasteiger partial charge in [0, 0.05) is 12.2 Å². The van der Waals surface area contributed by atoms with E-state index in [2.05, 4.69) is 5.32 Å². The van der Waals surface area contributed by atoms with Crippen molar-refractivity contribution in [3.8, 4) is 5.75 Å². The van der Waals surface area contributed by atoms with Crippen molar-refractivity contribution in [2.24, 2.45) is 0 Å². The third kappa shape index (κ3) is 3.65. The molecular formula is C15H15ClN2O2. The quantitative estimate of drug-likeness (QED) is 0.758. The predicted molar refractivity (Wildman–Crippen MR) is 80.0 cm³/mol. The van der Waals surface area contributed by atoms with Crippen LogP contribution in [0.2, 0.25) is 5.02 Å². The lowest BCUT2D eigenvalue weighted by Gasteiger charge is -2.07. The first-order valence-corrected chi connectivity index (χ1v) is 6.55. The number of benzene rings is 2. The second-order valence-electron chi connectivity index (χ2n) is 4.41. The fourth-order valence-electron chi connectivity index (χ4n) is 1.80. The van der Waals surface area contributed by atoms with Crippen LogP contribution in [0.1, 0.15) is 15.9 Å². The zero-order valence-corrected chi connectivity index (χ0v) is 11.5. The molecule has 0 unspecified atom stereocenters. The minimum atomic E-state index is -0.249. The van der Waals surface area contributed by atoms with E-state index in [-0.39, 0.29) is 11.7 Å². The van der Waals surface area contributed by atoms with Crippen LogP contribution in [-0.4, -0.2) is 17.6 Å². The van der Waals surface area contributed by atoms with Crippen LogP contribution in [0.25, 0.3) is 0 Å². The number of halogens is 1. The number of nitrogen functional groups attached to an aromatic ring is 1. The van der Waals surface area contributed by atoms with Crippen molar-refractivity contribution in [1.82, 2.24) is 5.32 Å². The molecule has 20 heavy (non-hydrogen) atoms. The van der Waals surface area contributed by atoms with Gasteiger partial charge in [-0.3, -0.25) is 4.79 Å². The fourth-order valence-corrected chi connectivity index (χ4v) is 2.00. The number of amides is 1. The van der Waals surface area contributed by atoms with Gasteiger partial charge >= 0.3 is 0 Å². The number of nitrogens with one attached hydrogen (secondary N) is 1. The Morgan fingerprint density at radius 1 is 1.20 bits per heavy atom. The first-order chi connectivity index (χ1) is 9.56. The number of nitrogens with two attached hydrogens (primary N) is 1. The van der Waals surface area contributed by atoms with Crippen LogP contribution in [0.5, 0.6) is 5.75 Å². The fraction of sp³-hybridized carbons (Fsp3) is 0.133. The van der Waals surface area contributed by atoms with Gasteiger partial charge in [-0.15, -0.1) is 0 Å². The molecule has 4 N–H and O–H groups in total. The molecule has 0 aliphatic rings. The van der Waals surface area contributed by atoms with Crippen LogP contribution in [0.4, 0.5) is 5.69 Å². The molecule has 0 aromatic heterocycles. The highest BCUT2D eigenvalue weighted by molar-refractivity contribution is 6.34. The van der Waals surface area contributed by atoms with Crippen molar-refractivity contribution >= 4 is 23.2 Å². The lowest BCUT2D eigenvalue weighted by molar-refractivity contribution is 0.0954. The molecule has 104 valence electrons. The van der Waals surface area contributed by atoms with Crippen LogP contribution in [0.15, 0.2) is 42.5 Å². The number of anilines is 1. The highest BCUT2D eigenvalue weighted by Gasteiger charge is 2.10. The maximum absolute atomic E-state index is 12.0. The van der Waals surface area contributed by atoms with Gasteiger partial charge in [-0.05, 0) is 42.3 Å². The second kappa shape index (κ2) is 6.30. The van der Waals surface area contributed by atoms with E-state index in [1.54, 1.807) is 30.3 Å². The van der Waals surface area contributed by atoms with E-state index in [4.69, 9.17) is 17.3 Å². The molecule has 2 aromatic rings. The summed E-state index contributed by atoms with van der Waals surface area (Å²) in [6.45, 7) is 0.481. The minimum Gasteiger partial charge on any atom is -0.508 e. The van der Waals surface area contributed by atoms with Gasteiger partial charge in [0.05, 0.1) is 10.6 Å². The highest BCUT2D eigenvalue weighted by Crippen LogP contribution is 2.18. The summed E-state index contributed by atoms with van der Waals surface area (Å²) in [6, 6.07) is 11.7. The van der Waals surface area contributed by atoms with Gasteiger partial charge in [0.2, 0.25) is 0 Å². The smallest absolute Gasteiger partial charge is 0.252 e. The zero-order valence-electron chi connectivity index (χ0n) is 10.8. The van der Waals surface area contributed by atoms with E-state index in [0.717, 1.165) is 5.56 Å². The Balaban J connectivity index is 1.92. The lowest BCUT2D eigenvalue weighted by Crippen LogP contribution is -2.26. The Kier molecular flexibility index (Phi) is 4.48. The maximum atomic E-state index is 12.0. The molecule has 0 saturated carbocycles. The number of carbonyl (C=O) groups excluding carboxylic acids is 1.